The van der Waals surface area contributed by atoms with Crippen molar-refractivity contribution in [3.8, 4) is 0 Å². The number of carbonyl (C=O) groups excluding carboxylic acids is 1. The molecule has 0 fully saturated rings. The zero-order chi connectivity index (χ0) is 17.6. The average molecular weight is 357 g/mol. The molecule has 1 atom stereocenters. The second-order valence-electron chi connectivity index (χ2n) is 5.74. The Bertz CT molecular complexity index is 850. The van der Waals surface area contributed by atoms with Crippen LogP contribution in [0.2, 0.25) is 0 Å². The highest BCUT2D eigenvalue weighted by molar-refractivity contribution is 7.83. The van der Waals surface area contributed by atoms with Gasteiger partial charge in [-0.15, -0.1) is 0 Å². The van der Waals surface area contributed by atoms with E-state index in [2.05, 4.69) is 5.32 Å². The second-order valence-corrected chi connectivity index (χ2v) is 7.20. The van der Waals surface area contributed by atoms with Gasteiger partial charge in [-0.3, -0.25) is 9.00 Å². The monoisotopic (exact) mass is 357 g/mol. The summed E-state index contributed by atoms with van der Waals surface area (Å²) in [7, 11) is -1.10. The van der Waals surface area contributed by atoms with Crippen molar-refractivity contribution in [1.82, 2.24) is 5.32 Å². The van der Waals surface area contributed by atoms with Crippen LogP contribution in [0.3, 0.4) is 0 Å². The Morgan fingerprint density at radius 2 is 1.84 bits per heavy atom. The quantitative estimate of drug-likeness (QED) is 0.702. The summed E-state index contributed by atoms with van der Waals surface area (Å²) in [6.45, 7) is 2.31. The highest BCUT2D eigenvalue weighted by atomic mass is 32.2. The van der Waals surface area contributed by atoms with Crippen molar-refractivity contribution in [2.24, 2.45) is 0 Å². The average Bonchev–Trinajstić information content (AvgIpc) is 3.26. The summed E-state index contributed by atoms with van der Waals surface area (Å²) in [6.07, 6.45) is 1.55. The molecule has 0 saturated heterocycles. The predicted octanol–water partition coefficient (Wildman–Crippen LogP) is 3.56. The van der Waals surface area contributed by atoms with Crippen LogP contribution in [0.4, 0.5) is 0 Å². The molecular formula is C19H19NO4S. The molecule has 0 aliphatic carbocycles. The van der Waals surface area contributed by atoms with E-state index in [4.69, 9.17) is 8.83 Å². The largest absolute Gasteiger partial charge is 0.467 e. The smallest absolute Gasteiger partial charge is 0.287 e. The van der Waals surface area contributed by atoms with Crippen LogP contribution in [0.25, 0.3) is 0 Å². The van der Waals surface area contributed by atoms with E-state index in [1.807, 2.05) is 31.2 Å². The van der Waals surface area contributed by atoms with Crippen LogP contribution in [0.1, 0.15) is 33.2 Å². The first kappa shape index (κ1) is 17.2. The minimum absolute atomic E-state index is 0.203. The van der Waals surface area contributed by atoms with E-state index in [1.54, 1.807) is 30.5 Å². The summed E-state index contributed by atoms with van der Waals surface area (Å²) in [5.74, 6) is 1.81. The van der Waals surface area contributed by atoms with Crippen LogP contribution < -0.4 is 5.32 Å². The third-order valence-electron chi connectivity index (χ3n) is 3.64. The van der Waals surface area contributed by atoms with Gasteiger partial charge in [0.2, 0.25) is 0 Å². The number of hydrogen-bond acceptors (Lipinski definition) is 4. The van der Waals surface area contributed by atoms with Crippen molar-refractivity contribution in [3.63, 3.8) is 0 Å². The molecule has 0 spiro atoms. The molecule has 0 aliphatic heterocycles. The van der Waals surface area contributed by atoms with Gasteiger partial charge in [-0.25, -0.2) is 0 Å². The Morgan fingerprint density at radius 3 is 2.56 bits per heavy atom. The normalized spacial score (nSPS) is 12.0. The van der Waals surface area contributed by atoms with Gasteiger partial charge in [0.15, 0.2) is 5.76 Å². The molecule has 1 unspecified atom stereocenters. The van der Waals surface area contributed by atoms with E-state index in [0.29, 0.717) is 23.8 Å². The summed E-state index contributed by atoms with van der Waals surface area (Å²) in [5.41, 5.74) is 2.19. The Labute approximate surface area is 148 Å². The molecule has 0 aliphatic rings. The number of carbonyl (C=O) groups is 1. The molecule has 130 valence electrons. The van der Waals surface area contributed by atoms with Crippen LogP contribution in [0.5, 0.6) is 0 Å². The molecule has 3 aromatic rings. The molecule has 0 radical (unpaired) electrons. The first-order valence-electron chi connectivity index (χ1n) is 7.90. The van der Waals surface area contributed by atoms with Gasteiger partial charge in [0.05, 0.1) is 18.6 Å². The number of nitrogens with one attached hydrogen (secondary N) is 1. The van der Waals surface area contributed by atoms with Crippen LogP contribution in [0.15, 0.2) is 63.6 Å². The first-order chi connectivity index (χ1) is 12.1. The van der Waals surface area contributed by atoms with Crippen LogP contribution >= 0.6 is 0 Å². The minimum atomic E-state index is -1.10. The van der Waals surface area contributed by atoms with Crippen molar-refractivity contribution >= 4 is 16.7 Å². The minimum Gasteiger partial charge on any atom is -0.467 e. The molecule has 0 bridgehead atoms. The molecule has 1 aromatic carbocycles. The van der Waals surface area contributed by atoms with Gasteiger partial charge in [-0.1, -0.05) is 29.8 Å². The number of hydrogen-bond donors (Lipinski definition) is 1. The van der Waals surface area contributed by atoms with E-state index in [0.717, 1.165) is 5.56 Å². The maximum absolute atomic E-state index is 12.3. The molecule has 25 heavy (non-hydrogen) atoms. The Balaban J connectivity index is 1.52. The summed E-state index contributed by atoms with van der Waals surface area (Å²) in [6, 6.07) is 14.8. The molecule has 2 aromatic heterocycles. The Morgan fingerprint density at radius 1 is 1.04 bits per heavy atom. The van der Waals surface area contributed by atoms with Crippen LogP contribution in [0, 0.1) is 6.92 Å². The first-order valence-corrected chi connectivity index (χ1v) is 9.39. The zero-order valence-corrected chi connectivity index (χ0v) is 14.7. The summed E-state index contributed by atoms with van der Waals surface area (Å²) >= 11 is 0. The Kier molecular flexibility index (Phi) is 5.50. The molecular weight excluding hydrogens is 338 g/mol. The van der Waals surface area contributed by atoms with Gasteiger partial charge >= 0.3 is 0 Å². The lowest BCUT2D eigenvalue weighted by Gasteiger charge is -2.02. The standard InChI is InChI=1S/C19H19NO4S/c1-14-4-6-15(7-5-14)12-25(22)13-17-8-9-18(24-17)19(21)20-11-16-3-2-10-23-16/h2-10H,11-13H2,1H3,(H,20,21). The Hall–Kier alpha value is -2.60. The second kappa shape index (κ2) is 7.98. The van der Waals surface area contributed by atoms with Crippen molar-refractivity contribution in [1.29, 1.82) is 0 Å². The van der Waals surface area contributed by atoms with Crippen molar-refractivity contribution in [3.05, 3.63) is 83.2 Å². The molecule has 3 rings (SSSR count). The van der Waals surface area contributed by atoms with E-state index in [1.165, 1.54) is 5.56 Å². The van der Waals surface area contributed by atoms with E-state index in [-0.39, 0.29) is 17.4 Å². The van der Waals surface area contributed by atoms with E-state index < -0.39 is 10.8 Å². The third-order valence-corrected chi connectivity index (χ3v) is 4.90. The van der Waals surface area contributed by atoms with Gasteiger partial charge in [-0.2, -0.15) is 0 Å². The number of aryl methyl sites for hydroxylation is 1. The molecule has 1 N–H and O–H groups in total. The molecule has 6 heteroatoms. The maximum atomic E-state index is 12.3. The van der Waals surface area contributed by atoms with Gasteiger partial charge in [-0.05, 0) is 36.8 Å². The zero-order valence-electron chi connectivity index (χ0n) is 13.9. The summed E-state index contributed by atoms with van der Waals surface area (Å²) in [4.78, 5) is 12.0. The molecule has 0 saturated carbocycles. The molecule has 2 heterocycles. The van der Waals surface area contributed by atoms with Crippen molar-refractivity contribution in [2.45, 2.75) is 25.0 Å². The number of amides is 1. The lowest BCUT2D eigenvalue weighted by Crippen LogP contribution is -2.21. The summed E-state index contributed by atoms with van der Waals surface area (Å²) in [5, 5.41) is 2.71. The van der Waals surface area contributed by atoms with Gasteiger partial charge in [0.25, 0.3) is 5.91 Å². The number of furan rings is 2. The molecule has 1 amide bonds. The fourth-order valence-electron chi connectivity index (χ4n) is 2.33. The maximum Gasteiger partial charge on any atom is 0.287 e. The van der Waals surface area contributed by atoms with Gasteiger partial charge < -0.3 is 14.2 Å². The SMILES string of the molecule is Cc1ccc(CS(=O)Cc2ccc(C(=O)NCc3ccco3)o2)cc1. The summed E-state index contributed by atoms with van der Waals surface area (Å²) < 4.78 is 22.9. The highest BCUT2D eigenvalue weighted by Gasteiger charge is 2.13. The fourth-order valence-corrected chi connectivity index (χ4v) is 3.46. The van der Waals surface area contributed by atoms with Crippen LogP contribution in [-0.2, 0) is 28.9 Å². The number of benzene rings is 1. The van der Waals surface area contributed by atoms with Crippen molar-refractivity contribution < 1.29 is 17.8 Å². The third kappa shape index (κ3) is 4.93. The lowest BCUT2D eigenvalue weighted by atomic mass is 10.2. The van der Waals surface area contributed by atoms with Crippen molar-refractivity contribution in [2.75, 3.05) is 0 Å². The van der Waals surface area contributed by atoms with Gasteiger partial charge in [0.1, 0.15) is 11.5 Å². The number of rotatable bonds is 7. The fraction of sp³-hybridized carbons (Fsp3) is 0.211. The van der Waals surface area contributed by atoms with Gasteiger partial charge in [0, 0.05) is 16.6 Å². The lowest BCUT2D eigenvalue weighted by molar-refractivity contribution is 0.0919. The topological polar surface area (TPSA) is 72.5 Å². The molecule has 5 nitrogen and oxygen atoms in total. The van der Waals surface area contributed by atoms with E-state index >= 15 is 0 Å². The van der Waals surface area contributed by atoms with E-state index in [9.17, 15) is 9.00 Å². The predicted molar refractivity (Wildman–Crippen MR) is 95.3 cm³/mol. The highest BCUT2D eigenvalue weighted by Crippen LogP contribution is 2.13. The van der Waals surface area contributed by atoms with Crippen LogP contribution in [-0.4, -0.2) is 10.1 Å².